The predicted octanol–water partition coefficient (Wildman–Crippen LogP) is 3.92. The molecule has 1 aliphatic heterocycles. The van der Waals surface area contributed by atoms with Crippen molar-refractivity contribution >= 4 is 15.8 Å². The first-order chi connectivity index (χ1) is 12.9. The highest BCUT2D eigenvalue weighted by Crippen LogP contribution is 2.36. The van der Waals surface area contributed by atoms with Crippen LogP contribution in [0.3, 0.4) is 0 Å². The summed E-state index contributed by atoms with van der Waals surface area (Å²) >= 11 is 0. The maximum Gasteiger partial charge on any atom is 0.430 e. The largest absolute Gasteiger partial charge is 0.478 e. The molecule has 1 unspecified atom stereocenters. The second-order valence-electron chi connectivity index (χ2n) is 6.02. The molecule has 2 rings (SSSR count). The third kappa shape index (κ3) is 5.13. The van der Waals surface area contributed by atoms with E-state index in [1.54, 1.807) is 30.3 Å². The van der Waals surface area contributed by atoms with Gasteiger partial charge in [0.15, 0.2) is 9.84 Å². The standard InChI is InChI=1S/C19H17F3O5S/c1-12-10-15(18(23)24)17(19(20,21)22)27-16(12)9-8-13(2)28(25,26)11-14-6-4-3-5-7-14/h3-10,17H,1,11H2,2H3,(H,23,24)/b13-8+,16-9+. The molecule has 28 heavy (non-hydrogen) atoms. The number of alkyl halides is 3. The van der Waals surface area contributed by atoms with Crippen LogP contribution in [-0.2, 0) is 25.1 Å². The molecule has 0 aromatic heterocycles. The SMILES string of the molecule is C=C1C=C(C(=O)O)C(C(F)(F)F)O/C1=C/C=C(\C)S(=O)(=O)Cc1ccccc1. The normalized spacial score (nSPS) is 19.9. The number of carbonyl (C=O) groups is 1. The number of aliphatic carboxylic acids is 1. The molecule has 1 aliphatic rings. The minimum atomic E-state index is -4.96. The summed E-state index contributed by atoms with van der Waals surface area (Å²) in [5, 5.41) is 8.94. The lowest BCUT2D eigenvalue weighted by Crippen LogP contribution is -2.38. The fraction of sp³-hybridized carbons (Fsp3) is 0.211. The molecule has 0 bridgehead atoms. The summed E-state index contributed by atoms with van der Waals surface area (Å²) in [5.41, 5.74) is -0.540. The van der Waals surface area contributed by atoms with Crippen LogP contribution >= 0.6 is 0 Å². The van der Waals surface area contributed by atoms with E-state index in [0.29, 0.717) is 5.56 Å². The molecule has 0 spiro atoms. The lowest BCUT2D eigenvalue weighted by molar-refractivity contribution is -0.200. The first-order valence-electron chi connectivity index (χ1n) is 7.94. The highest BCUT2D eigenvalue weighted by atomic mass is 32.2. The maximum absolute atomic E-state index is 13.1. The zero-order chi connectivity index (χ0) is 21.1. The molecule has 150 valence electrons. The molecular weight excluding hydrogens is 397 g/mol. The fourth-order valence-corrected chi connectivity index (χ4v) is 3.50. The highest BCUT2D eigenvalue weighted by molar-refractivity contribution is 7.94. The Balaban J connectivity index is 2.31. The zero-order valence-electron chi connectivity index (χ0n) is 14.7. The number of carboxylic acids is 1. The molecule has 0 aliphatic carbocycles. The summed E-state index contributed by atoms with van der Waals surface area (Å²) in [7, 11) is -3.70. The van der Waals surface area contributed by atoms with Crippen molar-refractivity contribution in [2.75, 3.05) is 0 Å². The predicted molar refractivity (Wildman–Crippen MR) is 96.7 cm³/mol. The average molecular weight is 414 g/mol. The summed E-state index contributed by atoms with van der Waals surface area (Å²) in [6.45, 7) is 4.78. The molecule has 9 heteroatoms. The van der Waals surface area contributed by atoms with Gasteiger partial charge < -0.3 is 9.84 Å². The highest BCUT2D eigenvalue weighted by Gasteiger charge is 2.48. The van der Waals surface area contributed by atoms with E-state index in [1.165, 1.54) is 6.92 Å². The van der Waals surface area contributed by atoms with Gasteiger partial charge in [0, 0.05) is 10.5 Å². The second-order valence-corrected chi connectivity index (χ2v) is 8.18. The van der Waals surface area contributed by atoms with Gasteiger partial charge in [-0.1, -0.05) is 36.9 Å². The molecule has 1 atom stereocenters. The molecule has 1 heterocycles. The number of rotatable bonds is 5. The number of hydrogen-bond acceptors (Lipinski definition) is 4. The molecule has 5 nitrogen and oxygen atoms in total. The Kier molecular flexibility index (Phi) is 6.18. The van der Waals surface area contributed by atoms with Crippen LogP contribution in [0.5, 0.6) is 0 Å². The first-order valence-corrected chi connectivity index (χ1v) is 9.60. The third-order valence-corrected chi connectivity index (χ3v) is 5.71. The summed E-state index contributed by atoms with van der Waals surface area (Å²) < 4.78 is 68.8. The Morgan fingerprint density at radius 3 is 2.43 bits per heavy atom. The zero-order valence-corrected chi connectivity index (χ0v) is 15.5. The van der Waals surface area contributed by atoms with Gasteiger partial charge in [0.05, 0.1) is 11.3 Å². The van der Waals surface area contributed by atoms with Gasteiger partial charge in [-0.25, -0.2) is 13.2 Å². The molecular formula is C19H17F3O5S. The van der Waals surface area contributed by atoms with Crippen LogP contribution in [0.15, 0.2) is 76.9 Å². The Hall–Kier alpha value is -2.81. The monoisotopic (exact) mass is 414 g/mol. The van der Waals surface area contributed by atoms with Gasteiger partial charge in [-0.2, -0.15) is 13.2 Å². The lowest BCUT2D eigenvalue weighted by Gasteiger charge is -2.28. The fourth-order valence-electron chi connectivity index (χ4n) is 2.37. The molecule has 1 aromatic carbocycles. The van der Waals surface area contributed by atoms with E-state index in [2.05, 4.69) is 6.58 Å². The molecule has 0 saturated carbocycles. The van der Waals surface area contributed by atoms with Gasteiger partial charge in [-0.3, -0.25) is 0 Å². The van der Waals surface area contributed by atoms with Gasteiger partial charge in [0.2, 0.25) is 6.10 Å². The van der Waals surface area contributed by atoms with Crippen LogP contribution in [-0.4, -0.2) is 31.8 Å². The minimum Gasteiger partial charge on any atom is -0.478 e. The van der Waals surface area contributed by atoms with E-state index in [-0.39, 0.29) is 22.0 Å². The minimum absolute atomic E-state index is 0.0863. The van der Waals surface area contributed by atoms with Crippen molar-refractivity contribution in [1.29, 1.82) is 0 Å². The molecule has 1 N–H and O–H groups in total. The molecule has 0 saturated heterocycles. The Morgan fingerprint density at radius 2 is 1.89 bits per heavy atom. The number of ether oxygens (including phenoxy) is 1. The van der Waals surface area contributed by atoms with E-state index in [1.807, 2.05) is 0 Å². The van der Waals surface area contributed by atoms with Crippen LogP contribution in [0.4, 0.5) is 13.2 Å². The van der Waals surface area contributed by atoms with Crippen molar-refractivity contribution in [1.82, 2.24) is 0 Å². The van der Waals surface area contributed by atoms with Crippen molar-refractivity contribution < 1.29 is 36.2 Å². The van der Waals surface area contributed by atoms with Gasteiger partial charge in [-0.15, -0.1) is 0 Å². The summed E-state index contributed by atoms with van der Waals surface area (Å²) in [4.78, 5) is 10.9. The molecule has 0 fully saturated rings. The maximum atomic E-state index is 13.1. The molecule has 0 radical (unpaired) electrons. The number of allylic oxidation sites excluding steroid dienone is 4. The lowest BCUT2D eigenvalue weighted by atomic mass is 10.0. The summed E-state index contributed by atoms with van der Waals surface area (Å²) in [6, 6.07) is 8.40. The second kappa shape index (κ2) is 8.05. The van der Waals surface area contributed by atoms with Crippen molar-refractivity contribution in [2.24, 2.45) is 0 Å². The third-order valence-electron chi connectivity index (χ3n) is 3.88. The Bertz CT molecular complexity index is 971. The number of benzene rings is 1. The quantitative estimate of drug-likeness (QED) is 0.790. The van der Waals surface area contributed by atoms with E-state index < -0.39 is 33.7 Å². The van der Waals surface area contributed by atoms with Crippen molar-refractivity contribution in [3.8, 4) is 0 Å². The molecule has 1 aromatic rings. The Morgan fingerprint density at radius 1 is 1.29 bits per heavy atom. The van der Waals surface area contributed by atoms with Gasteiger partial charge >= 0.3 is 12.1 Å². The van der Waals surface area contributed by atoms with Crippen molar-refractivity contribution in [3.05, 3.63) is 82.5 Å². The van der Waals surface area contributed by atoms with Gasteiger partial charge in [0.25, 0.3) is 0 Å². The first kappa shape index (κ1) is 21.5. The average Bonchev–Trinajstić information content (AvgIpc) is 2.59. The van der Waals surface area contributed by atoms with Crippen LogP contribution in [0.25, 0.3) is 0 Å². The smallest absolute Gasteiger partial charge is 0.430 e. The van der Waals surface area contributed by atoms with Crippen molar-refractivity contribution in [3.63, 3.8) is 0 Å². The number of sulfone groups is 1. The topological polar surface area (TPSA) is 80.7 Å². The van der Waals surface area contributed by atoms with E-state index >= 15 is 0 Å². The Labute approximate surface area is 160 Å². The van der Waals surface area contributed by atoms with Crippen molar-refractivity contribution in [2.45, 2.75) is 25.0 Å². The van der Waals surface area contributed by atoms with E-state index in [4.69, 9.17) is 9.84 Å². The van der Waals surface area contributed by atoms with Crippen LogP contribution in [0.1, 0.15) is 12.5 Å². The number of carboxylic acid groups (broad SMARTS) is 1. The summed E-state index contributed by atoms with van der Waals surface area (Å²) in [5.74, 6) is -2.41. The van der Waals surface area contributed by atoms with Crippen LogP contribution in [0.2, 0.25) is 0 Å². The van der Waals surface area contributed by atoms with Crippen LogP contribution < -0.4 is 0 Å². The summed E-state index contributed by atoms with van der Waals surface area (Å²) in [6.07, 6.45) is -4.73. The van der Waals surface area contributed by atoms with Crippen LogP contribution in [0, 0.1) is 0 Å². The van der Waals surface area contributed by atoms with Gasteiger partial charge in [0.1, 0.15) is 5.76 Å². The van der Waals surface area contributed by atoms with E-state index in [9.17, 15) is 26.4 Å². The molecule has 0 amide bonds. The number of hydrogen-bond donors (Lipinski definition) is 1. The van der Waals surface area contributed by atoms with Gasteiger partial charge in [-0.05, 0) is 30.7 Å². The number of halogens is 3. The van der Waals surface area contributed by atoms with E-state index in [0.717, 1.165) is 18.2 Å².